The van der Waals surface area contributed by atoms with Crippen molar-refractivity contribution in [2.24, 2.45) is 7.05 Å². The van der Waals surface area contributed by atoms with Crippen molar-refractivity contribution in [2.75, 3.05) is 5.32 Å². The summed E-state index contributed by atoms with van der Waals surface area (Å²) >= 11 is 9.00. The molecule has 0 atom stereocenters. The van der Waals surface area contributed by atoms with E-state index >= 15 is 0 Å². The monoisotopic (exact) mass is 481 g/mol. The van der Waals surface area contributed by atoms with E-state index in [-0.39, 0.29) is 27.5 Å². The minimum atomic E-state index is -0.620. The summed E-state index contributed by atoms with van der Waals surface area (Å²) < 4.78 is 17.7. The number of carbonyl (C=O) groups excluding carboxylic acids is 1. The second-order valence-corrected chi connectivity index (χ2v) is 8.80. The van der Waals surface area contributed by atoms with Gasteiger partial charge in [-0.15, -0.1) is 5.10 Å². The van der Waals surface area contributed by atoms with Crippen molar-refractivity contribution in [3.05, 3.63) is 67.5 Å². The molecule has 2 aromatic heterocycles. The van der Waals surface area contributed by atoms with Crippen molar-refractivity contribution in [3.8, 4) is 5.69 Å². The Kier molecular flexibility index (Phi) is 5.64. The second kappa shape index (κ2) is 7.72. The maximum Gasteiger partial charge on any atom is 0.278 e. The van der Waals surface area contributed by atoms with Crippen molar-refractivity contribution < 1.29 is 9.18 Å². The van der Waals surface area contributed by atoms with E-state index in [0.29, 0.717) is 10.2 Å². The third kappa shape index (κ3) is 4.25. The van der Waals surface area contributed by atoms with Crippen LogP contribution in [-0.4, -0.2) is 25.5 Å². The lowest BCUT2D eigenvalue weighted by atomic mass is 9.90. The number of nitrogens with zero attached hydrogens (tertiary/aromatic N) is 4. The normalized spacial score (nSPS) is 11.6. The number of halogens is 3. The lowest BCUT2D eigenvalue weighted by Gasteiger charge is -2.21. The molecule has 0 radical (unpaired) electrons. The van der Waals surface area contributed by atoms with Gasteiger partial charge in [0.05, 0.1) is 10.2 Å². The predicted octanol–water partition coefficient (Wildman–Crippen LogP) is 4.07. The van der Waals surface area contributed by atoms with E-state index in [9.17, 15) is 14.0 Å². The number of amides is 1. The summed E-state index contributed by atoms with van der Waals surface area (Å²) in [6, 6.07) is 4.16. The molecule has 0 aliphatic heterocycles. The van der Waals surface area contributed by atoms with Crippen LogP contribution in [0.5, 0.6) is 0 Å². The molecule has 152 valence electrons. The lowest BCUT2D eigenvalue weighted by Crippen LogP contribution is -2.26. The average Bonchev–Trinajstić information content (AvgIpc) is 3.04. The van der Waals surface area contributed by atoms with Gasteiger partial charge in [-0.1, -0.05) is 37.6 Å². The highest BCUT2D eigenvalue weighted by molar-refractivity contribution is 9.10. The molecule has 10 heteroatoms. The van der Waals surface area contributed by atoms with Gasteiger partial charge < -0.3 is 9.88 Å². The van der Waals surface area contributed by atoms with Gasteiger partial charge in [-0.3, -0.25) is 9.59 Å². The third-order valence-electron chi connectivity index (χ3n) is 4.09. The van der Waals surface area contributed by atoms with Crippen molar-refractivity contribution >= 4 is 39.1 Å². The maximum atomic E-state index is 14.5. The number of anilines is 1. The molecule has 0 fully saturated rings. The van der Waals surface area contributed by atoms with Gasteiger partial charge in [0, 0.05) is 29.9 Å². The van der Waals surface area contributed by atoms with Crippen LogP contribution in [0.4, 0.5) is 10.1 Å². The SMILES string of the molecule is Cn1cc(Br)c(=O)c(NC(=O)c2nnn(-c3ccc(Cl)cc3F)c2C(C)(C)C)c1. The number of aromatic nitrogens is 4. The maximum absolute atomic E-state index is 14.5. The largest absolute Gasteiger partial charge is 0.354 e. The van der Waals surface area contributed by atoms with Crippen LogP contribution >= 0.6 is 27.5 Å². The number of nitrogens with one attached hydrogen (secondary N) is 1. The van der Waals surface area contributed by atoms with Crippen LogP contribution in [-0.2, 0) is 12.5 Å². The van der Waals surface area contributed by atoms with Gasteiger partial charge in [0.15, 0.2) is 5.69 Å². The highest BCUT2D eigenvalue weighted by Crippen LogP contribution is 2.29. The third-order valence-corrected chi connectivity index (χ3v) is 4.89. The summed E-state index contributed by atoms with van der Waals surface area (Å²) in [6.45, 7) is 5.56. The van der Waals surface area contributed by atoms with Crippen LogP contribution in [0.15, 0.2) is 39.9 Å². The molecule has 3 rings (SSSR count). The van der Waals surface area contributed by atoms with Crippen molar-refractivity contribution in [3.63, 3.8) is 0 Å². The smallest absolute Gasteiger partial charge is 0.278 e. The average molecular weight is 483 g/mol. The van der Waals surface area contributed by atoms with E-state index in [2.05, 4.69) is 31.6 Å². The van der Waals surface area contributed by atoms with Gasteiger partial charge in [0.25, 0.3) is 5.91 Å². The predicted molar refractivity (Wildman–Crippen MR) is 112 cm³/mol. The number of carbonyl (C=O) groups is 1. The Labute approximate surface area is 179 Å². The molecule has 0 spiro atoms. The van der Waals surface area contributed by atoms with Gasteiger partial charge in [0.2, 0.25) is 5.43 Å². The van der Waals surface area contributed by atoms with E-state index in [0.717, 1.165) is 6.07 Å². The van der Waals surface area contributed by atoms with Crippen LogP contribution in [0.3, 0.4) is 0 Å². The molecule has 7 nitrogen and oxygen atoms in total. The summed E-state index contributed by atoms with van der Waals surface area (Å²) in [5.74, 6) is -1.22. The number of hydrogen-bond donors (Lipinski definition) is 1. The van der Waals surface area contributed by atoms with Crippen molar-refractivity contribution in [2.45, 2.75) is 26.2 Å². The van der Waals surface area contributed by atoms with Gasteiger partial charge in [-0.25, -0.2) is 9.07 Å². The summed E-state index contributed by atoms with van der Waals surface area (Å²) in [5, 5.41) is 10.8. The first kappa shape index (κ1) is 21.2. The minimum absolute atomic E-state index is 0.00567. The summed E-state index contributed by atoms with van der Waals surface area (Å²) in [5.41, 5.74) is -0.394. The fourth-order valence-corrected chi connectivity index (χ4v) is 3.56. The quantitative estimate of drug-likeness (QED) is 0.610. The van der Waals surface area contributed by atoms with Crippen LogP contribution in [0.1, 0.15) is 37.0 Å². The molecule has 0 bridgehead atoms. The summed E-state index contributed by atoms with van der Waals surface area (Å²) in [4.78, 5) is 25.2. The Bertz CT molecular complexity index is 1170. The molecule has 1 amide bonds. The van der Waals surface area contributed by atoms with E-state index in [4.69, 9.17) is 11.6 Å². The number of benzene rings is 1. The Balaban J connectivity index is 2.10. The van der Waals surface area contributed by atoms with Gasteiger partial charge in [-0.05, 0) is 34.1 Å². The molecule has 0 unspecified atom stereocenters. The molecule has 0 aliphatic carbocycles. The van der Waals surface area contributed by atoms with Crippen LogP contribution in [0.25, 0.3) is 5.69 Å². The standard InChI is InChI=1S/C19H18BrClFN5O2/c1-19(2,3)17-15(18(29)23-13-9-26(4)8-11(20)16(13)28)24-25-27(17)14-6-5-10(21)7-12(14)22/h5-9H,1-4H3,(H,23,29). The van der Waals surface area contributed by atoms with Crippen LogP contribution in [0, 0.1) is 5.82 Å². The number of rotatable bonds is 3. The van der Waals surface area contributed by atoms with E-state index in [1.54, 1.807) is 17.8 Å². The van der Waals surface area contributed by atoms with Crippen molar-refractivity contribution in [1.82, 2.24) is 19.6 Å². The first-order valence-corrected chi connectivity index (χ1v) is 9.75. The Morgan fingerprint density at radius 1 is 1.28 bits per heavy atom. The molecule has 3 aromatic rings. The molecule has 0 saturated heterocycles. The van der Waals surface area contributed by atoms with E-state index < -0.39 is 17.1 Å². The Morgan fingerprint density at radius 3 is 2.59 bits per heavy atom. The Hall–Kier alpha value is -2.52. The number of aryl methyl sites for hydroxylation is 1. The molecule has 2 heterocycles. The molecule has 1 N–H and O–H groups in total. The molecule has 1 aromatic carbocycles. The highest BCUT2D eigenvalue weighted by Gasteiger charge is 2.31. The molecule has 0 aliphatic rings. The van der Waals surface area contributed by atoms with E-state index in [1.165, 1.54) is 23.0 Å². The van der Waals surface area contributed by atoms with Crippen LogP contribution in [0.2, 0.25) is 5.02 Å². The van der Waals surface area contributed by atoms with Crippen molar-refractivity contribution in [1.29, 1.82) is 0 Å². The molecular formula is C19H18BrClFN5O2. The number of pyridine rings is 1. The lowest BCUT2D eigenvalue weighted by molar-refractivity contribution is 0.101. The second-order valence-electron chi connectivity index (χ2n) is 7.51. The topological polar surface area (TPSA) is 81.8 Å². The first-order chi connectivity index (χ1) is 13.5. The first-order valence-electron chi connectivity index (χ1n) is 8.58. The minimum Gasteiger partial charge on any atom is -0.354 e. The Morgan fingerprint density at radius 2 is 1.97 bits per heavy atom. The molecule has 29 heavy (non-hydrogen) atoms. The fraction of sp³-hybridized carbons (Fsp3) is 0.263. The van der Waals surface area contributed by atoms with Gasteiger partial charge in [0.1, 0.15) is 17.2 Å². The zero-order valence-electron chi connectivity index (χ0n) is 16.1. The van der Waals surface area contributed by atoms with Crippen LogP contribution < -0.4 is 10.7 Å². The summed E-state index contributed by atoms with van der Waals surface area (Å²) in [7, 11) is 1.72. The zero-order valence-corrected chi connectivity index (χ0v) is 18.5. The molecule has 0 saturated carbocycles. The van der Waals surface area contributed by atoms with Gasteiger partial charge in [-0.2, -0.15) is 0 Å². The van der Waals surface area contributed by atoms with E-state index in [1.807, 2.05) is 20.8 Å². The highest BCUT2D eigenvalue weighted by atomic mass is 79.9. The van der Waals surface area contributed by atoms with Gasteiger partial charge >= 0.3 is 0 Å². The zero-order chi connectivity index (χ0) is 21.5. The fourth-order valence-electron chi connectivity index (χ4n) is 2.87. The summed E-state index contributed by atoms with van der Waals surface area (Å²) in [6.07, 6.45) is 3.07. The molecular weight excluding hydrogens is 465 g/mol. The number of hydrogen-bond acceptors (Lipinski definition) is 4.